The molecule has 0 radical (unpaired) electrons. The molecule has 1 aromatic rings. The van der Waals surface area contributed by atoms with Gasteiger partial charge < -0.3 is 25.5 Å². The molecule has 0 saturated carbocycles. The van der Waals surface area contributed by atoms with Crippen LogP contribution in [0.5, 0.6) is 0 Å². The number of aliphatic carboxylic acids is 1. The highest BCUT2D eigenvalue weighted by molar-refractivity contribution is 5.82. The largest absolute Gasteiger partial charge is 0.480 e. The zero-order chi connectivity index (χ0) is 15.2. The second-order valence-corrected chi connectivity index (χ2v) is 5.19. The first kappa shape index (κ1) is 15.3. The van der Waals surface area contributed by atoms with E-state index in [0.29, 0.717) is 12.3 Å². The van der Waals surface area contributed by atoms with E-state index < -0.39 is 18.0 Å². The van der Waals surface area contributed by atoms with E-state index in [1.54, 1.807) is 0 Å². The summed E-state index contributed by atoms with van der Waals surface area (Å²) >= 11 is 0. The molecule has 1 fully saturated rings. The molecule has 4 N–H and O–H groups in total. The van der Waals surface area contributed by atoms with Crippen LogP contribution in [0.4, 0.5) is 4.79 Å². The molecule has 1 saturated heterocycles. The summed E-state index contributed by atoms with van der Waals surface area (Å²) in [4.78, 5) is 29.8. The lowest BCUT2D eigenvalue weighted by molar-refractivity contribution is -0.139. The molecule has 0 aromatic carbocycles. The van der Waals surface area contributed by atoms with Gasteiger partial charge in [0.05, 0.1) is 12.4 Å². The van der Waals surface area contributed by atoms with Gasteiger partial charge in [0.15, 0.2) is 0 Å². The predicted octanol–water partition coefficient (Wildman–Crippen LogP) is 0.272. The number of nitrogens with one attached hydrogen (secondary N) is 3. The lowest BCUT2D eigenvalue weighted by atomic mass is 10.0. The Hall–Kier alpha value is -2.09. The molecule has 1 aliphatic rings. The summed E-state index contributed by atoms with van der Waals surface area (Å²) < 4.78 is 5.40. The van der Waals surface area contributed by atoms with E-state index in [-0.39, 0.29) is 18.6 Å². The highest BCUT2D eigenvalue weighted by Gasteiger charge is 2.24. The number of nitrogens with zero attached hydrogens (tertiary/aromatic N) is 1. The zero-order valence-corrected chi connectivity index (χ0v) is 11.8. The molecule has 1 aromatic heterocycles. The van der Waals surface area contributed by atoms with E-state index in [2.05, 4.69) is 20.6 Å². The molecule has 21 heavy (non-hydrogen) atoms. The van der Waals surface area contributed by atoms with Crippen molar-refractivity contribution in [1.29, 1.82) is 0 Å². The first-order valence-electron chi connectivity index (χ1n) is 6.93. The number of hydrogen-bond donors (Lipinski definition) is 4. The molecule has 8 heteroatoms. The summed E-state index contributed by atoms with van der Waals surface area (Å²) in [7, 11) is 0. The Morgan fingerprint density at radius 1 is 1.62 bits per heavy atom. The number of carbonyl (C=O) groups is 2. The lowest BCUT2D eigenvalue weighted by Crippen LogP contribution is -2.51. The smallest absolute Gasteiger partial charge is 0.326 e. The summed E-state index contributed by atoms with van der Waals surface area (Å²) in [5, 5.41) is 14.4. The SMILES string of the molecule is CC1CC(NC(=O)N[C@@H](Cc2cnc[nH]2)C(=O)O)CCO1. The fourth-order valence-electron chi connectivity index (χ4n) is 2.33. The molecule has 0 aliphatic carbocycles. The van der Waals surface area contributed by atoms with Gasteiger partial charge in [0.1, 0.15) is 6.04 Å². The first-order chi connectivity index (χ1) is 10.0. The molecule has 2 amide bonds. The molecule has 0 bridgehead atoms. The average molecular weight is 296 g/mol. The normalized spacial score (nSPS) is 23.3. The number of ether oxygens (including phenoxy) is 1. The molecular weight excluding hydrogens is 276 g/mol. The average Bonchev–Trinajstić information content (AvgIpc) is 2.90. The van der Waals surface area contributed by atoms with Gasteiger partial charge in [-0.1, -0.05) is 0 Å². The van der Waals surface area contributed by atoms with Gasteiger partial charge in [0, 0.05) is 31.0 Å². The lowest BCUT2D eigenvalue weighted by Gasteiger charge is -2.28. The molecule has 1 aliphatic heterocycles. The molecule has 2 heterocycles. The summed E-state index contributed by atoms with van der Waals surface area (Å²) in [6.07, 6.45) is 4.73. The van der Waals surface area contributed by atoms with Crippen molar-refractivity contribution in [3.05, 3.63) is 18.2 Å². The number of urea groups is 1. The van der Waals surface area contributed by atoms with Crippen LogP contribution in [-0.4, -0.2) is 51.9 Å². The van der Waals surface area contributed by atoms with Gasteiger partial charge in [-0.05, 0) is 19.8 Å². The Balaban J connectivity index is 1.84. The molecule has 8 nitrogen and oxygen atoms in total. The maximum atomic E-state index is 11.9. The number of carboxylic acid groups (broad SMARTS) is 1. The zero-order valence-electron chi connectivity index (χ0n) is 11.8. The molecular formula is C13H20N4O4. The van der Waals surface area contributed by atoms with Crippen molar-refractivity contribution >= 4 is 12.0 Å². The van der Waals surface area contributed by atoms with Gasteiger partial charge in [-0.3, -0.25) is 0 Å². The molecule has 2 rings (SSSR count). The standard InChI is InChI=1S/C13H20N4O4/c1-8-4-9(2-3-21-8)16-13(20)17-11(12(18)19)5-10-6-14-7-15-10/h6-9,11H,2-5H2,1H3,(H,14,15)(H,18,19)(H2,16,17,20)/t8?,9?,11-/m0/s1. The number of rotatable bonds is 5. The Morgan fingerprint density at radius 3 is 3.05 bits per heavy atom. The second kappa shape index (κ2) is 7.07. The van der Waals surface area contributed by atoms with Gasteiger partial charge in [0.25, 0.3) is 0 Å². The van der Waals surface area contributed by atoms with Crippen molar-refractivity contribution in [2.75, 3.05) is 6.61 Å². The predicted molar refractivity (Wildman–Crippen MR) is 73.8 cm³/mol. The van der Waals surface area contributed by atoms with Crippen LogP contribution in [0.2, 0.25) is 0 Å². The Labute approximate surface area is 122 Å². The quantitative estimate of drug-likeness (QED) is 0.622. The number of H-pyrrole nitrogens is 1. The topological polar surface area (TPSA) is 116 Å². The number of carbonyl (C=O) groups excluding carboxylic acids is 1. The van der Waals surface area contributed by atoms with Gasteiger partial charge in [-0.15, -0.1) is 0 Å². The minimum absolute atomic E-state index is 0.00958. The van der Waals surface area contributed by atoms with Crippen molar-refractivity contribution < 1.29 is 19.4 Å². The van der Waals surface area contributed by atoms with Crippen LogP contribution in [0.25, 0.3) is 0 Å². The van der Waals surface area contributed by atoms with Crippen molar-refractivity contribution in [3.8, 4) is 0 Å². The summed E-state index contributed by atoms with van der Waals surface area (Å²) in [6, 6.07) is -1.46. The van der Waals surface area contributed by atoms with E-state index in [9.17, 15) is 14.7 Å². The fourth-order valence-corrected chi connectivity index (χ4v) is 2.33. The van der Waals surface area contributed by atoms with Crippen molar-refractivity contribution in [2.45, 2.75) is 44.4 Å². The monoisotopic (exact) mass is 296 g/mol. The van der Waals surface area contributed by atoms with E-state index in [0.717, 1.165) is 12.8 Å². The van der Waals surface area contributed by atoms with E-state index >= 15 is 0 Å². The van der Waals surface area contributed by atoms with Crippen LogP contribution in [-0.2, 0) is 16.0 Å². The summed E-state index contributed by atoms with van der Waals surface area (Å²) in [5.41, 5.74) is 0.655. The molecule has 116 valence electrons. The minimum atomic E-state index is -1.08. The third-order valence-corrected chi connectivity index (χ3v) is 3.40. The number of carboxylic acids is 1. The van der Waals surface area contributed by atoms with Crippen LogP contribution in [0.3, 0.4) is 0 Å². The number of aromatic nitrogens is 2. The van der Waals surface area contributed by atoms with Gasteiger partial charge in [-0.2, -0.15) is 0 Å². The van der Waals surface area contributed by atoms with Crippen LogP contribution < -0.4 is 10.6 Å². The maximum absolute atomic E-state index is 11.9. The van der Waals surface area contributed by atoms with Crippen LogP contribution in [0.1, 0.15) is 25.5 Å². The summed E-state index contributed by atoms with van der Waals surface area (Å²) in [5.74, 6) is -1.08. The maximum Gasteiger partial charge on any atom is 0.326 e. The van der Waals surface area contributed by atoms with Crippen LogP contribution >= 0.6 is 0 Å². The third kappa shape index (κ3) is 4.75. The third-order valence-electron chi connectivity index (χ3n) is 3.40. The summed E-state index contributed by atoms with van der Waals surface area (Å²) in [6.45, 7) is 2.55. The molecule has 0 spiro atoms. The van der Waals surface area contributed by atoms with Crippen molar-refractivity contribution in [3.63, 3.8) is 0 Å². The van der Waals surface area contributed by atoms with Crippen LogP contribution in [0, 0.1) is 0 Å². The van der Waals surface area contributed by atoms with Crippen molar-refractivity contribution in [1.82, 2.24) is 20.6 Å². The van der Waals surface area contributed by atoms with Crippen molar-refractivity contribution in [2.24, 2.45) is 0 Å². The molecule has 3 atom stereocenters. The Kier molecular flexibility index (Phi) is 5.15. The first-order valence-corrected chi connectivity index (χ1v) is 6.93. The van der Waals surface area contributed by atoms with Gasteiger partial charge in [0.2, 0.25) is 0 Å². The second-order valence-electron chi connectivity index (χ2n) is 5.19. The van der Waals surface area contributed by atoms with E-state index in [4.69, 9.17) is 4.74 Å². The molecule has 2 unspecified atom stereocenters. The van der Waals surface area contributed by atoms with E-state index in [1.807, 2.05) is 6.92 Å². The minimum Gasteiger partial charge on any atom is -0.480 e. The number of amides is 2. The number of aromatic amines is 1. The highest BCUT2D eigenvalue weighted by Crippen LogP contribution is 2.12. The Bertz CT molecular complexity index is 477. The highest BCUT2D eigenvalue weighted by atomic mass is 16.5. The van der Waals surface area contributed by atoms with E-state index in [1.165, 1.54) is 12.5 Å². The van der Waals surface area contributed by atoms with Gasteiger partial charge in [-0.25, -0.2) is 14.6 Å². The number of imidazole rings is 1. The van der Waals surface area contributed by atoms with Crippen LogP contribution in [0.15, 0.2) is 12.5 Å². The number of hydrogen-bond acceptors (Lipinski definition) is 4. The fraction of sp³-hybridized carbons (Fsp3) is 0.615. The Morgan fingerprint density at radius 2 is 2.43 bits per heavy atom. The van der Waals surface area contributed by atoms with Gasteiger partial charge >= 0.3 is 12.0 Å².